The molecule has 23 heavy (non-hydrogen) atoms. The maximum atomic E-state index is 11.8. The average Bonchev–Trinajstić information content (AvgIpc) is 2.54. The molecule has 1 saturated heterocycles. The largest absolute Gasteiger partial charge is 0.508 e. The number of phenolic OH excluding ortho intramolecular Hbond substituents is 1. The van der Waals surface area contributed by atoms with Crippen LogP contribution in [-0.2, 0) is 16.0 Å². The van der Waals surface area contributed by atoms with Crippen LogP contribution in [0, 0.1) is 0 Å². The Bertz CT molecular complexity index is 485. The molecule has 0 saturated carbocycles. The SMILES string of the molecule is CN1CCC(OCCCNC(=O)CCc2cccc(O)c2)CC1. The molecule has 0 aromatic heterocycles. The molecule has 0 unspecified atom stereocenters. The number of aromatic hydroxyl groups is 1. The van der Waals surface area contributed by atoms with Crippen LogP contribution >= 0.6 is 0 Å². The van der Waals surface area contributed by atoms with E-state index in [1.807, 2.05) is 6.07 Å². The summed E-state index contributed by atoms with van der Waals surface area (Å²) < 4.78 is 5.85. The fraction of sp³-hybridized carbons (Fsp3) is 0.611. The number of carbonyl (C=O) groups is 1. The van der Waals surface area contributed by atoms with Crippen molar-refractivity contribution >= 4 is 5.91 Å². The van der Waals surface area contributed by atoms with Crippen LogP contribution in [0.1, 0.15) is 31.2 Å². The molecule has 0 atom stereocenters. The maximum absolute atomic E-state index is 11.8. The Balaban J connectivity index is 1.50. The number of ether oxygens (including phenoxy) is 1. The van der Waals surface area contributed by atoms with Crippen LogP contribution in [0.15, 0.2) is 24.3 Å². The van der Waals surface area contributed by atoms with Gasteiger partial charge in [0.15, 0.2) is 0 Å². The van der Waals surface area contributed by atoms with Gasteiger partial charge in [0.25, 0.3) is 0 Å². The minimum atomic E-state index is 0.0487. The minimum absolute atomic E-state index is 0.0487. The number of likely N-dealkylation sites (tertiary alicyclic amines) is 1. The van der Waals surface area contributed by atoms with Crippen molar-refractivity contribution in [3.63, 3.8) is 0 Å². The minimum Gasteiger partial charge on any atom is -0.508 e. The summed E-state index contributed by atoms with van der Waals surface area (Å²) in [5.41, 5.74) is 0.978. The first-order chi connectivity index (χ1) is 11.1. The van der Waals surface area contributed by atoms with Crippen molar-refractivity contribution in [3.05, 3.63) is 29.8 Å². The van der Waals surface area contributed by atoms with Gasteiger partial charge in [-0.2, -0.15) is 0 Å². The van der Waals surface area contributed by atoms with Crippen molar-refractivity contribution in [2.75, 3.05) is 33.3 Å². The molecule has 0 radical (unpaired) electrons. The molecule has 1 fully saturated rings. The third kappa shape index (κ3) is 7.01. The van der Waals surface area contributed by atoms with Gasteiger partial charge < -0.3 is 20.1 Å². The molecule has 5 nitrogen and oxygen atoms in total. The van der Waals surface area contributed by atoms with Crippen LogP contribution in [0.4, 0.5) is 0 Å². The zero-order valence-electron chi connectivity index (χ0n) is 14.0. The zero-order valence-corrected chi connectivity index (χ0v) is 14.0. The summed E-state index contributed by atoms with van der Waals surface area (Å²) in [5.74, 6) is 0.293. The van der Waals surface area contributed by atoms with Crippen LogP contribution in [0.2, 0.25) is 0 Å². The summed E-state index contributed by atoms with van der Waals surface area (Å²) in [6, 6.07) is 7.04. The molecule has 1 aromatic rings. The molecule has 1 amide bonds. The number of carbonyl (C=O) groups excluding carboxylic acids is 1. The molecule has 0 bridgehead atoms. The Kier molecular flexibility index (Phi) is 7.36. The van der Waals surface area contributed by atoms with Gasteiger partial charge >= 0.3 is 0 Å². The molecule has 1 aromatic carbocycles. The van der Waals surface area contributed by atoms with Gasteiger partial charge in [0.2, 0.25) is 5.91 Å². The lowest BCUT2D eigenvalue weighted by molar-refractivity contribution is -0.121. The number of nitrogens with one attached hydrogen (secondary N) is 1. The van der Waals surface area contributed by atoms with Crippen LogP contribution in [-0.4, -0.2) is 55.3 Å². The predicted octanol–water partition coefficient (Wildman–Crippen LogP) is 1.94. The van der Waals surface area contributed by atoms with Gasteiger partial charge in [-0.3, -0.25) is 4.79 Å². The number of rotatable bonds is 8. The predicted molar refractivity (Wildman–Crippen MR) is 90.5 cm³/mol. The summed E-state index contributed by atoms with van der Waals surface area (Å²) >= 11 is 0. The van der Waals surface area contributed by atoms with E-state index < -0.39 is 0 Å². The van der Waals surface area contributed by atoms with Crippen molar-refractivity contribution < 1.29 is 14.6 Å². The topological polar surface area (TPSA) is 61.8 Å². The van der Waals surface area contributed by atoms with Crippen LogP contribution in [0.3, 0.4) is 0 Å². The molecular formula is C18H28N2O3. The second kappa shape index (κ2) is 9.53. The number of hydrogen-bond acceptors (Lipinski definition) is 4. The lowest BCUT2D eigenvalue weighted by Gasteiger charge is -2.28. The molecular weight excluding hydrogens is 292 g/mol. The summed E-state index contributed by atoms with van der Waals surface area (Å²) in [7, 11) is 2.14. The molecule has 5 heteroatoms. The summed E-state index contributed by atoms with van der Waals surface area (Å²) in [6.45, 7) is 3.58. The van der Waals surface area contributed by atoms with E-state index in [9.17, 15) is 9.90 Å². The maximum Gasteiger partial charge on any atom is 0.220 e. The number of aryl methyl sites for hydroxylation is 1. The lowest BCUT2D eigenvalue weighted by Crippen LogP contribution is -2.34. The van der Waals surface area contributed by atoms with Gasteiger partial charge in [-0.15, -0.1) is 0 Å². The smallest absolute Gasteiger partial charge is 0.220 e. The molecule has 1 aliphatic rings. The third-order valence-corrected chi connectivity index (χ3v) is 4.21. The number of phenols is 1. The van der Waals surface area contributed by atoms with Gasteiger partial charge in [-0.1, -0.05) is 12.1 Å². The van der Waals surface area contributed by atoms with Crippen molar-refractivity contribution in [2.24, 2.45) is 0 Å². The van der Waals surface area contributed by atoms with Crippen molar-refractivity contribution in [1.82, 2.24) is 10.2 Å². The molecule has 128 valence electrons. The highest BCUT2D eigenvalue weighted by Crippen LogP contribution is 2.13. The van der Waals surface area contributed by atoms with E-state index >= 15 is 0 Å². The van der Waals surface area contributed by atoms with E-state index in [4.69, 9.17) is 4.74 Å². The third-order valence-electron chi connectivity index (χ3n) is 4.21. The lowest BCUT2D eigenvalue weighted by atomic mass is 10.1. The normalized spacial score (nSPS) is 16.4. The number of benzene rings is 1. The summed E-state index contributed by atoms with van der Waals surface area (Å²) in [4.78, 5) is 14.1. The van der Waals surface area contributed by atoms with Gasteiger partial charge in [0.05, 0.1) is 6.10 Å². The Morgan fingerprint density at radius 3 is 2.91 bits per heavy atom. The fourth-order valence-corrected chi connectivity index (χ4v) is 2.76. The first-order valence-electron chi connectivity index (χ1n) is 8.48. The molecule has 0 aliphatic carbocycles. The highest BCUT2D eigenvalue weighted by Gasteiger charge is 2.16. The highest BCUT2D eigenvalue weighted by molar-refractivity contribution is 5.76. The summed E-state index contributed by atoms with van der Waals surface area (Å²) in [6.07, 6.45) is 4.53. The Labute approximate surface area is 138 Å². The van der Waals surface area contributed by atoms with Crippen LogP contribution in [0.5, 0.6) is 5.75 Å². The van der Waals surface area contributed by atoms with Crippen LogP contribution < -0.4 is 5.32 Å². The van der Waals surface area contributed by atoms with E-state index in [0.29, 0.717) is 32.1 Å². The number of nitrogens with zero attached hydrogens (tertiary/aromatic N) is 1. The van der Waals surface area contributed by atoms with Gasteiger partial charge in [-0.25, -0.2) is 0 Å². The van der Waals surface area contributed by atoms with E-state index in [0.717, 1.165) is 37.9 Å². The molecule has 2 N–H and O–H groups in total. The summed E-state index contributed by atoms with van der Waals surface area (Å²) in [5, 5.41) is 12.3. The van der Waals surface area contributed by atoms with Gasteiger partial charge in [0.1, 0.15) is 5.75 Å². The second-order valence-corrected chi connectivity index (χ2v) is 6.25. The second-order valence-electron chi connectivity index (χ2n) is 6.25. The first-order valence-corrected chi connectivity index (χ1v) is 8.48. The van der Waals surface area contributed by atoms with E-state index in [2.05, 4.69) is 17.3 Å². The van der Waals surface area contributed by atoms with Crippen molar-refractivity contribution in [2.45, 2.75) is 38.2 Å². The van der Waals surface area contributed by atoms with Crippen LogP contribution in [0.25, 0.3) is 0 Å². The Hall–Kier alpha value is -1.59. The van der Waals surface area contributed by atoms with Crippen molar-refractivity contribution in [1.29, 1.82) is 0 Å². The van der Waals surface area contributed by atoms with E-state index in [1.165, 1.54) is 0 Å². The van der Waals surface area contributed by atoms with Crippen molar-refractivity contribution in [3.8, 4) is 5.75 Å². The molecule has 1 aliphatic heterocycles. The fourth-order valence-electron chi connectivity index (χ4n) is 2.76. The first kappa shape index (κ1) is 17.8. The van der Waals surface area contributed by atoms with Gasteiger partial charge in [0, 0.05) is 32.7 Å². The molecule has 2 rings (SSSR count). The standard InChI is InChI=1S/C18H28N2O3/c1-20-11-8-17(9-12-20)23-13-3-10-19-18(22)7-6-15-4-2-5-16(21)14-15/h2,4-5,14,17,21H,3,6-13H2,1H3,(H,19,22). The van der Waals surface area contributed by atoms with Gasteiger partial charge in [-0.05, 0) is 50.4 Å². The Morgan fingerprint density at radius 2 is 2.17 bits per heavy atom. The van der Waals surface area contributed by atoms with E-state index in [1.54, 1.807) is 18.2 Å². The number of piperidine rings is 1. The highest BCUT2D eigenvalue weighted by atomic mass is 16.5. The Morgan fingerprint density at radius 1 is 1.39 bits per heavy atom. The average molecular weight is 320 g/mol. The molecule has 0 spiro atoms. The van der Waals surface area contributed by atoms with E-state index in [-0.39, 0.29) is 11.7 Å². The number of amides is 1. The quantitative estimate of drug-likeness (QED) is 0.719. The monoisotopic (exact) mass is 320 g/mol. The molecule has 1 heterocycles. The zero-order chi connectivity index (χ0) is 16.5. The number of hydrogen-bond donors (Lipinski definition) is 2.